The van der Waals surface area contributed by atoms with Crippen LogP contribution in [0, 0.1) is 0 Å². The smallest absolute Gasteiger partial charge is 0.146 e. The standard InChI is InChI=1S/C21H20ClN5O2/c1-23-18-6-3-13-2-4-14(10-17(13)26-18)28-11-15-5-7-19(29-15)27-9-8-16-20(22)24-12-25-21(16)27/h2-4,6,8-10,12,15,19H,5,7,11H2,1H3,(H,23,26). The summed E-state index contributed by atoms with van der Waals surface area (Å²) in [4.78, 5) is 12.9. The van der Waals surface area contributed by atoms with Gasteiger partial charge in [-0.15, -0.1) is 0 Å². The first kappa shape index (κ1) is 18.1. The van der Waals surface area contributed by atoms with Gasteiger partial charge in [0.05, 0.1) is 17.0 Å². The number of nitrogens with one attached hydrogen (secondary N) is 1. The number of pyridine rings is 1. The van der Waals surface area contributed by atoms with E-state index in [-0.39, 0.29) is 12.3 Å². The van der Waals surface area contributed by atoms with Crippen LogP contribution < -0.4 is 10.1 Å². The molecule has 5 rings (SSSR count). The van der Waals surface area contributed by atoms with Crippen LogP contribution in [-0.4, -0.2) is 39.3 Å². The molecule has 2 unspecified atom stereocenters. The number of hydrogen-bond acceptors (Lipinski definition) is 6. The summed E-state index contributed by atoms with van der Waals surface area (Å²) in [6.45, 7) is 0.489. The first-order chi connectivity index (χ1) is 14.2. The van der Waals surface area contributed by atoms with Crippen molar-refractivity contribution in [1.82, 2.24) is 19.5 Å². The lowest BCUT2D eigenvalue weighted by atomic mass is 10.2. The molecule has 8 heteroatoms. The van der Waals surface area contributed by atoms with Gasteiger partial charge in [0, 0.05) is 24.7 Å². The van der Waals surface area contributed by atoms with Crippen molar-refractivity contribution in [1.29, 1.82) is 0 Å². The van der Waals surface area contributed by atoms with Crippen LogP contribution in [0.3, 0.4) is 0 Å². The molecule has 4 aromatic rings. The molecule has 1 fully saturated rings. The van der Waals surface area contributed by atoms with E-state index in [1.807, 2.05) is 54.2 Å². The van der Waals surface area contributed by atoms with Crippen molar-refractivity contribution in [2.75, 3.05) is 19.0 Å². The second kappa shape index (κ2) is 7.50. The number of ether oxygens (including phenoxy) is 2. The van der Waals surface area contributed by atoms with Crippen LogP contribution in [0.25, 0.3) is 21.9 Å². The zero-order valence-electron chi connectivity index (χ0n) is 15.9. The number of hydrogen-bond donors (Lipinski definition) is 1. The highest BCUT2D eigenvalue weighted by atomic mass is 35.5. The largest absolute Gasteiger partial charge is 0.491 e. The molecule has 2 atom stereocenters. The van der Waals surface area contributed by atoms with Gasteiger partial charge in [-0.3, -0.25) is 0 Å². The number of aromatic nitrogens is 4. The highest BCUT2D eigenvalue weighted by Gasteiger charge is 2.28. The number of benzene rings is 1. The monoisotopic (exact) mass is 409 g/mol. The molecule has 0 radical (unpaired) electrons. The number of nitrogens with zero attached hydrogens (tertiary/aromatic N) is 4. The van der Waals surface area contributed by atoms with Crippen molar-refractivity contribution in [2.45, 2.75) is 25.2 Å². The summed E-state index contributed by atoms with van der Waals surface area (Å²) in [5.41, 5.74) is 1.69. The Morgan fingerprint density at radius 1 is 1.21 bits per heavy atom. The lowest BCUT2D eigenvalue weighted by molar-refractivity contribution is -0.0156. The topological polar surface area (TPSA) is 74.1 Å². The molecule has 4 heterocycles. The van der Waals surface area contributed by atoms with E-state index < -0.39 is 0 Å². The quantitative estimate of drug-likeness (QED) is 0.491. The van der Waals surface area contributed by atoms with Gasteiger partial charge < -0.3 is 19.4 Å². The zero-order chi connectivity index (χ0) is 19.8. The molecule has 3 aromatic heterocycles. The summed E-state index contributed by atoms with van der Waals surface area (Å²) < 4.78 is 14.2. The number of anilines is 1. The number of fused-ring (bicyclic) bond motifs is 2. The van der Waals surface area contributed by atoms with Crippen LogP contribution in [0.5, 0.6) is 5.75 Å². The van der Waals surface area contributed by atoms with Gasteiger partial charge >= 0.3 is 0 Å². The van der Waals surface area contributed by atoms with Gasteiger partial charge in [-0.05, 0) is 43.2 Å². The minimum atomic E-state index is -0.0801. The van der Waals surface area contributed by atoms with Gasteiger partial charge in [0.15, 0.2) is 0 Å². The van der Waals surface area contributed by atoms with Crippen LogP contribution in [-0.2, 0) is 4.74 Å². The molecule has 0 aliphatic carbocycles. The minimum absolute atomic E-state index is 0.0158. The maximum Gasteiger partial charge on any atom is 0.146 e. The molecule has 0 saturated carbocycles. The molecule has 0 amide bonds. The molecule has 1 saturated heterocycles. The van der Waals surface area contributed by atoms with Gasteiger partial charge in [-0.1, -0.05) is 11.6 Å². The van der Waals surface area contributed by atoms with E-state index >= 15 is 0 Å². The Morgan fingerprint density at radius 2 is 2.10 bits per heavy atom. The maximum absolute atomic E-state index is 6.21. The average Bonchev–Trinajstić information content (AvgIpc) is 3.39. The molecule has 1 aliphatic rings. The Balaban J connectivity index is 1.26. The van der Waals surface area contributed by atoms with E-state index in [1.54, 1.807) is 0 Å². The number of halogens is 1. The van der Waals surface area contributed by atoms with Crippen molar-refractivity contribution < 1.29 is 9.47 Å². The normalized spacial score (nSPS) is 19.1. The van der Waals surface area contributed by atoms with Crippen LogP contribution in [0.1, 0.15) is 19.1 Å². The average molecular weight is 410 g/mol. The van der Waals surface area contributed by atoms with Crippen molar-refractivity contribution in [3.05, 3.63) is 54.1 Å². The van der Waals surface area contributed by atoms with Gasteiger partial charge in [-0.2, -0.15) is 0 Å². The van der Waals surface area contributed by atoms with Gasteiger partial charge in [0.2, 0.25) is 0 Å². The van der Waals surface area contributed by atoms with Gasteiger partial charge in [0.1, 0.15) is 41.5 Å². The zero-order valence-corrected chi connectivity index (χ0v) is 16.6. The van der Waals surface area contributed by atoms with Crippen molar-refractivity contribution >= 4 is 39.4 Å². The van der Waals surface area contributed by atoms with E-state index in [0.717, 1.165) is 46.3 Å². The molecular weight excluding hydrogens is 390 g/mol. The fourth-order valence-corrected chi connectivity index (χ4v) is 3.89. The summed E-state index contributed by atoms with van der Waals surface area (Å²) in [5, 5.41) is 5.43. The third-order valence-corrected chi connectivity index (χ3v) is 5.51. The number of rotatable bonds is 5. The van der Waals surface area contributed by atoms with Gasteiger partial charge in [-0.25, -0.2) is 15.0 Å². The summed E-state index contributed by atoms with van der Waals surface area (Å²) in [5.74, 6) is 1.62. The Bertz CT molecular complexity index is 1180. The molecule has 1 aliphatic heterocycles. The fraction of sp³-hybridized carbons (Fsp3) is 0.286. The highest BCUT2D eigenvalue weighted by molar-refractivity contribution is 6.33. The molecule has 0 spiro atoms. The van der Waals surface area contributed by atoms with Crippen molar-refractivity contribution in [3.63, 3.8) is 0 Å². The molecule has 1 N–H and O–H groups in total. The SMILES string of the molecule is CNc1ccc2ccc(OCC3CCC(n4ccc5c(Cl)ncnc54)O3)cc2n1. The van der Waals surface area contributed by atoms with E-state index in [1.165, 1.54) is 6.33 Å². The third-order valence-electron chi connectivity index (χ3n) is 5.21. The third kappa shape index (κ3) is 3.47. The first-order valence-corrected chi connectivity index (χ1v) is 9.93. The Morgan fingerprint density at radius 3 is 3.00 bits per heavy atom. The van der Waals surface area contributed by atoms with Gasteiger partial charge in [0.25, 0.3) is 0 Å². The van der Waals surface area contributed by atoms with E-state index in [4.69, 9.17) is 21.1 Å². The fourth-order valence-electron chi connectivity index (χ4n) is 3.70. The first-order valence-electron chi connectivity index (χ1n) is 9.55. The van der Waals surface area contributed by atoms with E-state index in [0.29, 0.717) is 11.8 Å². The molecule has 29 heavy (non-hydrogen) atoms. The molecule has 148 valence electrons. The molecule has 7 nitrogen and oxygen atoms in total. The van der Waals surface area contributed by atoms with E-state index in [9.17, 15) is 0 Å². The summed E-state index contributed by atoms with van der Waals surface area (Å²) in [7, 11) is 1.86. The lowest BCUT2D eigenvalue weighted by Gasteiger charge is -2.16. The summed E-state index contributed by atoms with van der Waals surface area (Å²) in [6, 6.07) is 11.9. The molecule has 0 bridgehead atoms. The molecular formula is C21H20ClN5O2. The molecule has 1 aromatic carbocycles. The second-order valence-electron chi connectivity index (χ2n) is 7.03. The van der Waals surface area contributed by atoms with Crippen molar-refractivity contribution in [3.8, 4) is 5.75 Å². The Kier molecular flexibility index (Phi) is 4.69. The predicted molar refractivity (Wildman–Crippen MR) is 112 cm³/mol. The van der Waals surface area contributed by atoms with Crippen LogP contribution in [0.2, 0.25) is 5.15 Å². The van der Waals surface area contributed by atoms with Crippen molar-refractivity contribution in [2.24, 2.45) is 0 Å². The summed E-state index contributed by atoms with van der Waals surface area (Å²) >= 11 is 6.15. The maximum atomic E-state index is 6.21. The van der Waals surface area contributed by atoms with Crippen LogP contribution in [0.4, 0.5) is 5.82 Å². The second-order valence-corrected chi connectivity index (χ2v) is 7.38. The predicted octanol–water partition coefficient (Wildman–Crippen LogP) is 4.43. The van der Waals surface area contributed by atoms with E-state index in [2.05, 4.69) is 20.3 Å². The summed E-state index contributed by atoms with van der Waals surface area (Å²) in [6.07, 6.45) is 5.17. The highest BCUT2D eigenvalue weighted by Crippen LogP contribution is 2.32. The Hall–Kier alpha value is -2.90. The minimum Gasteiger partial charge on any atom is -0.491 e. The Labute approximate surface area is 172 Å². The lowest BCUT2D eigenvalue weighted by Crippen LogP contribution is -2.18. The van der Waals surface area contributed by atoms with Crippen LogP contribution >= 0.6 is 11.6 Å². The van der Waals surface area contributed by atoms with Crippen LogP contribution in [0.15, 0.2) is 48.9 Å².